The molecular formula is C8H16N2. The van der Waals surface area contributed by atoms with Crippen molar-refractivity contribution < 1.29 is 0 Å². The lowest BCUT2D eigenvalue weighted by atomic mass is 10.2. The van der Waals surface area contributed by atoms with Crippen molar-refractivity contribution in [3.8, 4) is 0 Å². The maximum absolute atomic E-state index is 5.23. The van der Waals surface area contributed by atoms with E-state index in [0.29, 0.717) is 0 Å². The molecule has 0 aromatic carbocycles. The smallest absolute Gasteiger partial charge is 0.0441 e. The Morgan fingerprint density at radius 3 is 2.70 bits per heavy atom. The zero-order valence-corrected chi connectivity index (χ0v) is 6.72. The third-order valence-corrected chi connectivity index (χ3v) is 1.17. The molecule has 0 atom stereocenters. The van der Waals surface area contributed by atoms with Gasteiger partial charge in [0.15, 0.2) is 0 Å². The number of hydrogen-bond donors (Lipinski definition) is 2. The molecule has 58 valence electrons. The Bertz CT molecular complexity index is 125. The molecule has 0 saturated carbocycles. The fraction of sp³-hybridized carbons (Fsp3) is 0.500. The van der Waals surface area contributed by atoms with E-state index in [1.165, 1.54) is 0 Å². The van der Waals surface area contributed by atoms with Gasteiger partial charge in [-0.1, -0.05) is 25.5 Å². The summed E-state index contributed by atoms with van der Waals surface area (Å²) in [4.78, 5) is 0. The minimum absolute atomic E-state index is 0.990. The van der Waals surface area contributed by atoms with Crippen molar-refractivity contribution in [1.29, 1.82) is 0 Å². The fourth-order valence-corrected chi connectivity index (χ4v) is 0.654. The summed E-state index contributed by atoms with van der Waals surface area (Å²) in [7, 11) is 0. The number of rotatable bonds is 4. The van der Waals surface area contributed by atoms with E-state index in [4.69, 9.17) is 5.84 Å². The Kier molecular flexibility index (Phi) is 5.88. The monoisotopic (exact) mass is 140 g/mol. The minimum atomic E-state index is 0.990. The zero-order valence-electron chi connectivity index (χ0n) is 6.72. The summed E-state index contributed by atoms with van der Waals surface area (Å²) in [6, 6.07) is 0. The van der Waals surface area contributed by atoms with Gasteiger partial charge in [0.2, 0.25) is 0 Å². The Morgan fingerprint density at radius 2 is 2.30 bits per heavy atom. The Balaban J connectivity index is 3.78. The van der Waals surface area contributed by atoms with E-state index >= 15 is 0 Å². The van der Waals surface area contributed by atoms with Crippen LogP contribution in [0.5, 0.6) is 0 Å². The number of hydrogen-bond acceptors (Lipinski definition) is 2. The van der Waals surface area contributed by atoms with Crippen LogP contribution in [0.25, 0.3) is 0 Å². The highest BCUT2D eigenvalue weighted by atomic mass is 15.2. The van der Waals surface area contributed by atoms with Gasteiger partial charge < -0.3 is 5.43 Å². The summed E-state index contributed by atoms with van der Waals surface area (Å²) in [6.45, 7) is 4.11. The molecule has 0 bridgehead atoms. The molecule has 2 heteroatoms. The van der Waals surface area contributed by atoms with Crippen LogP contribution in [0.2, 0.25) is 0 Å². The van der Waals surface area contributed by atoms with Gasteiger partial charge in [0.05, 0.1) is 0 Å². The topological polar surface area (TPSA) is 38.0 Å². The van der Waals surface area contributed by atoms with Crippen LogP contribution in [-0.4, -0.2) is 0 Å². The van der Waals surface area contributed by atoms with Gasteiger partial charge in [0.25, 0.3) is 0 Å². The second kappa shape index (κ2) is 6.36. The van der Waals surface area contributed by atoms with Crippen LogP contribution in [0.3, 0.4) is 0 Å². The first kappa shape index (κ1) is 9.24. The lowest BCUT2D eigenvalue weighted by Crippen LogP contribution is -2.19. The predicted octanol–water partition coefficient (Wildman–Crippen LogP) is 1.71. The lowest BCUT2D eigenvalue weighted by Gasteiger charge is -1.98. The number of nitrogens with one attached hydrogen (secondary N) is 1. The average Bonchev–Trinajstić information content (AvgIpc) is 1.98. The van der Waals surface area contributed by atoms with E-state index in [1.807, 2.05) is 19.1 Å². The van der Waals surface area contributed by atoms with Crippen molar-refractivity contribution >= 4 is 0 Å². The fourth-order valence-electron chi connectivity index (χ4n) is 0.654. The Hall–Kier alpha value is -0.760. The number of unbranched alkanes of at least 4 members (excludes halogenated alkanes) is 1. The number of allylic oxidation sites excluding steroid dienone is 3. The molecule has 0 aromatic rings. The van der Waals surface area contributed by atoms with Gasteiger partial charge in [-0.2, -0.15) is 0 Å². The van der Waals surface area contributed by atoms with Crippen LogP contribution < -0.4 is 11.3 Å². The maximum Gasteiger partial charge on any atom is 0.0441 e. The molecule has 0 heterocycles. The third-order valence-electron chi connectivity index (χ3n) is 1.17. The highest BCUT2D eigenvalue weighted by Crippen LogP contribution is 1.95. The highest BCUT2D eigenvalue weighted by Gasteiger charge is 1.83. The first-order valence-electron chi connectivity index (χ1n) is 3.64. The summed E-state index contributed by atoms with van der Waals surface area (Å²) in [5.41, 5.74) is 3.60. The Morgan fingerprint density at radius 1 is 1.60 bits per heavy atom. The molecule has 0 radical (unpaired) electrons. The standard InChI is InChI=1S/C8H16N2/c1-3-5-7-8(10-9)6-4-2/h4,6-7,10H,3,5,9H2,1-2H3/b6-4-,8-7-. The van der Waals surface area contributed by atoms with E-state index in [1.54, 1.807) is 0 Å². The largest absolute Gasteiger partial charge is 0.324 e. The molecule has 0 saturated heterocycles. The van der Waals surface area contributed by atoms with Crippen LogP contribution in [0.4, 0.5) is 0 Å². The zero-order chi connectivity index (χ0) is 7.82. The predicted molar refractivity (Wildman–Crippen MR) is 45.1 cm³/mol. The van der Waals surface area contributed by atoms with Gasteiger partial charge in [0.1, 0.15) is 0 Å². The molecule has 0 spiro atoms. The van der Waals surface area contributed by atoms with Crippen molar-refractivity contribution in [3.05, 3.63) is 23.9 Å². The normalized spacial score (nSPS) is 12.5. The molecule has 0 aromatic heterocycles. The van der Waals surface area contributed by atoms with E-state index in [2.05, 4.69) is 18.4 Å². The van der Waals surface area contributed by atoms with E-state index in [9.17, 15) is 0 Å². The number of hydrazine groups is 1. The molecule has 0 amide bonds. The van der Waals surface area contributed by atoms with Crippen molar-refractivity contribution in [3.63, 3.8) is 0 Å². The SMILES string of the molecule is C/C=C\C(=C\CCC)NN. The highest BCUT2D eigenvalue weighted by molar-refractivity contribution is 5.14. The number of nitrogens with two attached hydrogens (primary N) is 1. The van der Waals surface area contributed by atoms with Crippen LogP contribution in [0.15, 0.2) is 23.9 Å². The average molecular weight is 140 g/mol. The first-order valence-corrected chi connectivity index (χ1v) is 3.64. The summed E-state index contributed by atoms with van der Waals surface area (Å²) < 4.78 is 0. The second-order valence-electron chi connectivity index (χ2n) is 2.09. The van der Waals surface area contributed by atoms with Gasteiger partial charge >= 0.3 is 0 Å². The minimum Gasteiger partial charge on any atom is -0.324 e. The van der Waals surface area contributed by atoms with Gasteiger partial charge in [-0.05, 0) is 19.4 Å². The molecule has 0 aliphatic heterocycles. The van der Waals surface area contributed by atoms with E-state index in [-0.39, 0.29) is 0 Å². The van der Waals surface area contributed by atoms with Crippen LogP contribution >= 0.6 is 0 Å². The Labute approximate surface area is 62.8 Å². The van der Waals surface area contributed by atoms with Crippen LogP contribution in [0, 0.1) is 0 Å². The molecule has 0 aliphatic rings. The van der Waals surface area contributed by atoms with Crippen LogP contribution in [-0.2, 0) is 0 Å². The molecule has 0 aliphatic carbocycles. The van der Waals surface area contributed by atoms with Gasteiger partial charge in [0, 0.05) is 5.70 Å². The summed E-state index contributed by atoms with van der Waals surface area (Å²) >= 11 is 0. The maximum atomic E-state index is 5.23. The van der Waals surface area contributed by atoms with E-state index in [0.717, 1.165) is 18.5 Å². The van der Waals surface area contributed by atoms with Gasteiger partial charge in [-0.25, -0.2) is 0 Å². The van der Waals surface area contributed by atoms with E-state index < -0.39 is 0 Å². The molecular weight excluding hydrogens is 124 g/mol. The summed E-state index contributed by atoms with van der Waals surface area (Å²) in [6.07, 6.45) is 8.23. The van der Waals surface area contributed by atoms with Crippen molar-refractivity contribution in [2.24, 2.45) is 5.84 Å². The van der Waals surface area contributed by atoms with Gasteiger partial charge in [-0.3, -0.25) is 5.84 Å². The van der Waals surface area contributed by atoms with Crippen LogP contribution in [0.1, 0.15) is 26.7 Å². The van der Waals surface area contributed by atoms with Crippen molar-refractivity contribution in [2.75, 3.05) is 0 Å². The molecule has 0 fully saturated rings. The first-order chi connectivity index (χ1) is 4.85. The molecule has 10 heavy (non-hydrogen) atoms. The van der Waals surface area contributed by atoms with Gasteiger partial charge in [-0.15, -0.1) is 0 Å². The summed E-state index contributed by atoms with van der Waals surface area (Å²) in [5, 5.41) is 0. The molecule has 0 unspecified atom stereocenters. The molecule has 0 rings (SSSR count). The molecule has 2 nitrogen and oxygen atoms in total. The molecule has 3 N–H and O–H groups in total. The summed E-state index contributed by atoms with van der Waals surface area (Å²) in [5.74, 6) is 5.23. The van der Waals surface area contributed by atoms with Crippen molar-refractivity contribution in [1.82, 2.24) is 5.43 Å². The lowest BCUT2D eigenvalue weighted by molar-refractivity contribution is 0.878. The second-order valence-corrected chi connectivity index (χ2v) is 2.09. The van der Waals surface area contributed by atoms with Crippen molar-refractivity contribution in [2.45, 2.75) is 26.7 Å². The third kappa shape index (κ3) is 4.15. The quantitative estimate of drug-likeness (QED) is 0.354.